The number of fused-ring (bicyclic) bond motifs is 1. The molecule has 24 heavy (non-hydrogen) atoms. The van der Waals surface area contributed by atoms with Gasteiger partial charge in [-0.15, -0.1) is 0 Å². The average Bonchev–Trinajstić information content (AvgIpc) is 3.11. The van der Waals surface area contributed by atoms with Crippen LogP contribution in [0.25, 0.3) is 0 Å². The van der Waals surface area contributed by atoms with Crippen molar-refractivity contribution in [1.29, 1.82) is 0 Å². The first kappa shape index (κ1) is 16.4. The van der Waals surface area contributed by atoms with Crippen molar-refractivity contribution >= 4 is 0 Å². The number of aliphatic hydroxyl groups excluding tert-OH is 1. The van der Waals surface area contributed by atoms with Gasteiger partial charge in [0.05, 0.1) is 12.7 Å². The molecular formula is C20H29NO3. The Labute approximate surface area is 144 Å². The van der Waals surface area contributed by atoms with Gasteiger partial charge in [-0.1, -0.05) is 18.2 Å². The van der Waals surface area contributed by atoms with Crippen LogP contribution in [0.15, 0.2) is 18.2 Å². The third-order valence-corrected chi connectivity index (χ3v) is 5.82. The van der Waals surface area contributed by atoms with Crippen LogP contribution in [0.1, 0.15) is 44.2 Å². The molecule has 0 radical (unpaired) electrons. The van der Waals surface area contributed by atoms with E-state index in [1.54, 1.807) is 0 Å². The van der Waals surface area contributed by atoms with Crippen LogP contribution in [0.2, 0.25) is 0 Å². The number of rotatable bonds is 3. The van der Waals surface area contributed by atoms with Gasteiger partial charge < -0.3 is 14.6 Å². The van der Waals surface area contributed by atoms with Gasteiger partial charge in [0.25, 0.3) is 0 Å². The highest BCUT2D eigenvalue weighted by molar-refractivity contribution is 5.45. The zero-order valence-electron chi connectivity index (χ0n) is 14.8. The lowest BCUT2D eigenvalue weighted by atomic mass is 9.89. The molecule has 132 valence electrons. The lowest BCUT2D eigenvalue weighted by Crippen LogP contribution is -2.45. The molecule has 4 nitrogen and oxygen atoms in total. The maximum absolute atomic E-state index is 10.4. The Kier molecular flexibility index (Phi) is 4.31. The molecule has 4 rings (SSSR count). The van der Waals surface area contributed by atoms with E-state index in [1.165, 1.54) is 17.5 Å². The summed E-state index contributed by atoms with van der Waals surface area (Å²) in [6, 6.07) is 6.96. The summed E-state index contributed by atoms with van der Waals surface area (Å²) in [6.07, 6.45) is 3.89. The zero-order chi connectivity index (χ0) is 16.7. The van der Waals surface area contributed by atoms with Crippen LogP contribution < -0.4 is 4.74 Å². The van der Waals surface area contributed by atoms with Gasteiger partial charge in [0.1, 0.15) is 11.4 Å². The Hall–Kier alpha value is -1.10. The number of hydrogen-bond acceptors (Lipinski definition) is 4. The molecule has 0 aliphatic carbocycles. The minimum atomic E-state index is -0.221. The summed E-state index contributed by atoms with van der Waals surface area (Å²) in [5, 5.41) is 10.4. The fourth-order valence-electron chi connectivity index (χ4n) is 4.67. The van der Waals surface area contributed by atoms with Crippen LogP contribution in [-0.4, -0.2) is 47.5 Å². The fraction of sp³-hybridized carbons (Fsp3) is 0.700. The standard InChI is InChI=1S/C20H29NO3/c1-20(2)11-14-5-3-6-15(19(14)24-20)12-21-9-4-7-17(21)16-13-23-10-8-18(16)22/h3,5-6,16-18,22H,4,7-13H2,1-2H3/t16-,17-,18+/m1/s1. The fourth-order valence-corrected chi connectivity index (χ4v) is 4.67. The van der Waals surface area contributed by atoms with Gasteiger partial charge in [-0.05, 0) is 45.2 Å². The van der Waals surface area contributed by atoms with E-state index in [0.717, 1.165) is 38.1 Å². The lowest BCUT2D eigenvalue weighted by molar-refractivity contribution is -0.0636. The maximum Gasteiger partial charge on any atom is 0.127 e. The minimum absolute atomic E-state index is 0.101. The van der Waals surface area contributed by atoms with E-state index in [4.69, 9.17) is 9.47 Å². The van der Waals surface area contributed by atoms with Gasteiger partial charge in [-0.2, -0.15) is 0 Å². The van der Waals surface area contributed by atoms with Gasteiger partial charge in [0.15, 0.2) is 0 Å². The van der Waals surface area contributed by atoms with Crippen LogP contribution in [0.3, 0.4) is 0 Å². The predicted molar refractivity (Wildman–Crippen MR) is 93.2 cm³/mol. The number of para-hydroxylation sites is 1. The Balaban J connectivity index is 1.52. The molecule has 0 amide bonds. The van der Waals surface area contributed by atoms with Gasteiger partial charge in [0.2, 0.25) is 0 Å². The van der Waals surface area contributed by atoms with Crippen molar-refractivity contribution < 1.29 is 14.6 Å². The third-order valence-electron chi connectivity index (χ3n) is 5.82. The van der Waals surface area contributed by atoms with Gasteiger partial charge in [-0.3, -0.25) is 4.90 Å². The number of aliphatic hydroxyl groups is 1. The molecule has 2 fully saturated rings. The molecule has 0 unspecified atom stereocenters. The van der Waals surface area contributed by atoms with E-state index >= 15 is 0 Å². The highest BCUT2D eigenvalue weighted by Crippen LogP contribution is 2.39. The molecule has 0 aromatic heterocycles. The summed E-state index contributed by atoms with van der Waals surface area (Å²) in [6.45, 7) is 7.71. The minimum Gasteiger partial charge on any atom is -0.487 e. The summed E-state index contributed by atoms with van der Waals surface area (Å²) in [4.78, 5) is 2.53. The molecule has 1 aromatic carbocycles. The van der Waals surface area contributed by atoms with Crippen molar-refractivity contribution in [2.45, 2.75) is 63.8 Å². The largest absolute Gasteiger partial charge is 0.487 e. The summed E-state index contributed by atoms with van der Waals surface area (Å²) in [5.41, 5.74) is 2.52. The van der Waals surface area contributed by atoms with Crippen LogP contribution in [0.4, 0.5) is 0 Å². The van der Waals surface area contributed by atoms with Crippen molar-refractivity contribution in [3.63, 3.8) is 0 Å². The number of benzene rings is 1. The van der Waals surface area contributed by atoms with E-state index in [-0.39, 0.29) is 17.6 Å². The topological polar surface area (TPSA) is 41.9 Å². The molecule has 0 saturated carbocycles. The molecule has 4 heteroatoms. The second kappa shape index (κ2) is 6.32. The van der Waals surface area contributed by atoms with E-state index in [0.29, 0.717) is 19.3 Å². The van der Waals surface area contributed by atoms with E-state index < -0.39 is 0 Å². The highest BCUT2D eigenvalue weighted by atomic mass is 16.5. The highest BCUT2D eigenvalue weighted by Gasteiger charge is 2.38. The molecular weight excluding hydrogens is 302 g/mol. The quantitative estimate of drug-likeness (QED) is 0.925. The molecule has 3 aliphatic heterocycles. The number of hydrogen-bond donors (Lipinski definition) is 1. The van der Waals surface area contributed by atoms with E-state index in [9.17, 15) is 5.11 Å². The first-order valence-corrected chi connectivity index (χ1v) is 9.33. The molecule has 3 aliphatic rings. The zero-order valence-corrected chi connectivity index (χ0v) is 14.8. The average molecular weight is 331 g/mol. The number of nitrogens with zero attached hydrogens (tertiary/aromatic N) is 1. The second-order valence-corrected chi connectivity index (χ2v) is 8.22. The van der Waals surface area contributed by atoms with Crippen LogP contribution >= 0.6 is 0 Å². The van der Waals surface area contributed by atoms with Crippen molar-refractivity contribution in [1.82, 2.24) is 4.90 Å². The summed E-state index contributed by atoms with van der Waals surface area (Å²) in [5.74, 6) is 1.34. The van der Waals surface area contributed by atoms with E-state index in [2.05, 4.69) is 36.9 Å². The Morgan fingerprint density at radius 3 is 3.00 bits per heavy atom. The van der Waals surface area contributed by atoms with Crippen molar-refractivity contribution in [2.75, 3.05) is 19.8 Å². The van der Waals surface area contributed by atoms with E-state index in [1.807, 2.05) is 0 Å². The lowest BCUT2D eigenvalue weighted by Gasteiger charge is -2.37. The Bertz CT molecular complexity index is 601. The van der Waals surface area contributed by atoms with Crippen molar-refractivity contribution in [3.8, 4) is 5.75 Å². The molecule has 3 atom stereocenters. The first-order valence-electron chi connectivity index (χ1n) is 9.33. The molecule has 3 heterocycles. The smallest absolute Gasteiger partial charge is 0.127 e. The van der Waals surface area contributed by atoms with Crippen LogP contribution in [-0.2, 0) is 17.7 Å². The third kappa shape index (κ3) is 3.07. The molecule has 1 N–H and O–H groups in total. The van der Waals surface area contributed by atoms with Crippen molar-refractivity contribution in [2.24, 2.45) is 5.92 Å². The Morgan fingerprint density at radius 2 is 2.17 bits per heavy atom. The monoisotopic (exact) mass is 331 g/mol. The van der Waals surface area contributed by atoms with Gasteiger partial charge >= 0.3 is 0 Å². The second-order valence-electron chi connectivity index (χ2n) is 8.22. The summed E-state index contributed by atoms with van der Waals surface area (Å²) >= 11 is 0. The van der Waals surface area contributed by atoms with Crippen molar-refractivity contribution in [3.05, 3.63) is 29.3 Å². The predicted octanol–water partition coefficient (Wildman–Crippen LogP) is 2.76. The maximum atomic E-state index is 10.4. The number of ether oxygens (including phenoxy) is 2. The normalized spacial score (nSPS) is 32.5. The molecule has 2 saturated heterocycles. The Morgan fingerprint density at radius 1 is 1.29 bits per heavy atom. The van der Waals surface area contributed by atoms with Gasteiger partial charge in [0, 0.05) is 37.1 Å². The van der Waals surface area contributed by atoms with Crippen LogP contribution in [0.5, 0.6) is 5.75 Å². The van der Waals surface area contributed by atoms with Crippen LogP contribution in [0, 0.1) is 5.92 Å². The molecule has 0 bridgehead atoms. The summed E-state index contributed by atoms with van der Waals surface area (Å²) in [7, 11) is 0. The number of likely N-dealkylation sites (tertiary alicyclic amines) is 1. The molecule has 0 spiro atoms. The molecule has 1 aromatic rings. The SMILES string of the molecule is CC1(C)Cc2cccc(CN3CCC[C@@H]3[C@H]3COCC[C@@H]3O)c2O1. The van der Waals surface area contributed by atoms with Gasteiger partial charge in [-0.25, -0.2) is 0 Å². The summed E-state index contributed by atoms with van der Waals surface area (Å²) < 4.78 is 11.9. The first-order chi connectivity index (χ1) is 11.5.